The van der Waals surface area contributed by atoms with E-state index in [-0.39, 0.29) is 0 Å². The third-order valence-electron chi connectivity index (χ3n) is 1.82. The minimum atomic E-state index is 0.911. The van der Waals surface area contributed by atoms with Gasteiger partial charge in [0.1, 0.15) is 0 Å². The molecule has 0 bridgehead atoms. The number of nitrogens with zero attached hydrogens (tertiary/aromatic N) is 1. The van der Waals surface area contributed by atoms with Crippen LogP contribution in [0.3, 0.4) is 0 Å². The minimum absolute atomic E-state index is 0.911. The van der Waals surface area contributed by atoms with Crippen LogP contribution in [0.25, 0.3) is 10.9 Å². The summed E-state index contributed by atoms with van der Waals surface area (Å²) in [5.41, 5.74) is 1.91. The second-order valence-electron chi connectivity index (χ2n) is 2.72. The van der Waals surface area contributed by atoms with Crippen LogP contribution in [0, 0.1) is 18.8 Å². The molecular weight excluding hydrogens is 158 g/mol. The lowest BCUT2D eigenvalue weighted by atomic mass is 10.2. The van der Waals surface area contributed by atoms with E-state index in [0.717, 1.165) is 16.5 Å². The quantitative estimate of drug-likeness (QED) is 0.548. The summed E-state index contributed by atoms with van der Waals surface area (Å²) in [6.07, 6.45) is 1.76. The van der Waals surface area contributed by atoms with Crippen molar-refractivity contribution in [3.05, 3.63) is 49.0 Å². The van der Waals surface area contributed by atoms with E-state index < -0.39 is 0 Å². The molecule has 0 fully saturated rings. The monoisotopic (exact) mass is 166 g/mol. The van der Waals surface area contributed by atoms with Crippen LogP contribution in [-0.4, -0.2) is 4.98 Å². The summed E-state index contributed by atoms with van der Waals surface area (Å²) in [5.74, 6) is 5.48. The molecule has 2 rings (SSSR count). The molecule has 1 heterocycles. The third-order valence-corrected chi connectivity index (χ3v) is 1.82. The molecule has 0 aliphatic carbocycles. The molecule has 0 saturated heterocycles. The van der Waals surface area contributed by atoms with Crippen LogP contribution < -0.4 is 0 Å². The van der Waals surface area contributed by atoms with Gasteiger partial charge in [-0.3, -0.25) is 4.98 Å². The first-order valence-electron chi connectivity index (χ1n) is 4.03. The predicted molar refractivity (Wildman–Crippen MR) is 54.0 cm³/mol. The van der Waals surface area contributed by atoms with Crippen molar-refractivity contribution in [1.82, 2.24) is 4.98 Å². The molecule has 0 unspecified atom stereocenters. The number of benzene rings is 1. The van der Waals surface area contributed by atoms with Gasteiger partial charge >= 0.3 is 0 Å². The van der Waals surface area contributed by atoms with Crippen molar-refractivity contribution in [1.29, 1.82) is 0 Å². The van der Waals surface area contributed by atoms with Crippen LogP contribution in [0.15, 0.2) is 36.5 Å². The highest BCUT2D eigenvalue weighted by molar-refractivity contribution is 5.79. The van der Waals surface area contributed by atoms with Gasteiger partial charge in [-0.2, -0.15) is 0 Å². The van der Waals surface area contributed by atoms with Gasteiger partial charge in [-0.15, -0.1) is 0 Å². The van der Waals surface area contributed by atoms with E-state index in [1.165, 1.54) is 0 Å². The van der Waals surface area contributed by atoms with E-state index in [4.69, 9.17) is 0 Å². The number of hydrogen-bond acceptors (Lipinski definition) is 1. The fraction of sp³-hybridized carbons (Fsp3) is 0. The van der Waals surface area contributed by atoms with E-state index in [9.17, 15) is 0 Å². The Labute approximate surface area is 77.4 Å². The summed E-state index contributed by atoms with van der Waals surface area (Å²) in [4.78, 5) is 4.27. The average Bonchev–Trinajstić information content (AvgIpc) is 2.18. The smallest absolute Gasteiger partial charge is 0.0702 e. The molecule has 1 radical (unpaired) electrons. The summed E-state index contributed by atoms with van der Waals surface area (Å²) in [7, 11) is 0. The van der Waals surface area contributed by atoms with E-state index in [2.05, 4.69) is 23.7 Å². The number of rotatable bonds is 0. The Hall–Kier alpha value is -1.81. The highest BCUT2D eigenvalue weighted by Gasteiger charge is 1.93. The Balaban J connectivity index is 2.66. The standard InChI is InChI=1S/C12H8N/c1-2-5-10-8-11-6-3-4-7-12(11)13-9-10/h3-4,6-9H,1H2. The summed E-state index contributed by atoms with van der Waals surface area (Å²) < 4.78 is 0. The second kappa shape index (κ2) is 3.28. The summed E-state index contributed by atoms with van der Waals surface area (Å²) in [6, 6.07) is 9.99. The fourth-order valence-corrected chi connectivity index (χ4v) is 1.24. The zero-order valence-electron chi connectivity index (χ0n) is 7.12. The van der Waals surface area contributed by atoms with Crippen LogP contribution in [0.1, 0.15) is 5.56 Å². The largest absolute Gasteiger partial charge is 0.255 e. The Morgan fingerprint density at radius 2 is 2.08 bits per heavy atom. The van der Waals surface area contributed by atoms with Crippen molar-refractivity contribution < 1.29 is 0 Å². The SMILES string of the molecule is [CH2]C#Cc1cnc2ccccc2c1. The van der Waals surface area contributed by atoms with Crippen molar-refractivity contribution in [2.75, 3.05) is 0 Å². The predicted octanol–water partition coefficient (Wildman–Crippen LogP) is 2.42. The van der Waals surface area contributed by atoms with Gasteiger partial charge in [-0.1, -0.05) is 30.0 Å². The molecule has 2 aromatic rings. The Bertz CT molecular complexity index is 489. The number of pyridine rings is 1. The lowest BCUT2D eigenvalue weighted by Gasteiger charge is -1.95. The molecule has 1 aromatic heterocycles. The fourth-order valence-electron chi connectivity index (χ4n) is 1.24. The first kappa shape index (κ1) is 7.82. The normalized spacial score (nSPS) is 9.31. The summed E-state index contributed by atoms with van der Waals surface area (Å²) >= 11 is 0. The van der Waals surface area contributed by atoms with Gasteiger partial charge in [0.05, 0.1) is 5.52 Å². The molecule has 1 heteroatoms. The number of fused-ring (bicyclic) bond motifs is 1. The molecule has 61 valence electrons. The molecule has 0 N–H and O–H groups in total. The van der Waals surface area contributed by atoms with E-state index in [0.29, 0.717) is 0 Å². The Morgan fingerprint density at radius 1 is 1.23 bits per heavy atom. The third kappa shape index (κ3) is 1.52. The van der Waals surface area contributed by atoms with Crippen molar-refractivity contribution in [2.24, 2.45) is 0 Å². The highest BCUT2D eigenvalue weighted by Crippen LogP contribution is 2.11. The Morgan fingerprint density at radius 3 is 2.92 bits per heavy atom. The molecule has 1 nitrogen and oxygen atoms in total. The van der Waals surface area contributed by atoms with Gasteiger partial charge in [-0.25, -0.2) is 0 Å². The maximum atomic E-state index is 4.27. The zero-order valence-corrected chi connectivity index (χ0v) is 7.12. The summed E-state index contributed by atoms with van der Waals surface area (Å²) in [5, 5.41) is 1.11. The lowest BCUT2D eigenvalue weighted by Crippen LogP contribution is -1.80. The maximum Gasteiger partial charge on any atom is 0.0702 e. The van der Waals surface area contributed by atoms with Crippen LogP contribution >= 0.6 is 0 Å². The van der Waals surface area contributed by atoms with E-state index in [1.807, 2.05) is 30.3 Å². The maximum absolute atomic E-state index is 4.27. The van der Waals surface area contributed by atoms with Crippen LogP contribution in [0.4, 0.5) is 0 Å². The van der Waals surface area contributed by atoms with Gasteiger partial charge in [0.2, 0.25) is 0 Å². The minimum Gasteiger partial charge on any atom is -0.255 e. The van der Waals surface area contributed by atoms with Gasteiger partial charge in [0, 0.05) is 24.1 Å². The van der Waals surface area contributed by atoms with Gasteiger partial charge in [-0.05, 0) is 12.1 Å². The van der Waals surface area contributed by atoms with Crippen molar-refractivity contribution in [3.8, 4) is 11.8 Å². The first-order chi connectivity index (χ1) is 6.40. The second-order valence-corrected chi connectivity index (χ2v) is 2.72. The zero-order chi connectivity index (χ0) is 9.10. The van der Waals surface area contributed by atoms with Crippen molar-refractivity contribution in [2.45, 2.75) is 0 Å². The number of hydrogen-bond donors (Lipinski definition) is 0. The highest BCUT2D eigenvalue weighted by atomic mass is 14.6. The van der Waals surface area contributed by atoms with Crippen LogP contribution in [0.2, 0.25) is 0 Å². The molecule has 0 saturated carbocycles. The molecule has 13 heavy (non-hydrogen) atoms. The summed E-state index contributed by atoms with van der Waals surface area (Å²) in [6.45, 7) is 3.47. The molecule has 0 spiro atoms. The Kier molecular flexibility index (Phi) is 1.97. The molecule has 0 aliphatic heterocycles. The topological polar surface area (TPSA) is 12.9 Å². The lowest BCUT2D eigenvalue weighted by molar-refractivity contribution is 1.39. The molecule has 0 aliphatic rings. The van der Waals surface area contributed by atoms with Crippen molar-refractivity contribution >= 4 is 10.9 Å². The number of para-hydroxylation sites is 1. The number of aromatic nitrogens is 1. The molecule has 0 amide bonds. The van der Waals surface area contributed by atoms with Crippen LogP contribution in [-0.2, 0) is 0 Å². The van der Waals surface area contributed by atoms with Gasteiger partial charge in [0.25, 0.3) is 0 Å². The average molecular weight is 166 g/mol. The van der Waals surface area contributed by atoms with Gasteiger partial charge < -0.3 is 0 Å². The molecular formula is C12H8N. The van der Waals surface area contributed by atoms with Crippen molar-refractivity contribution in [3.63, 3.8) is 0 Å². The van der Waals surface area contributed by atoms with E-state index >= 15 is 0 Å². The van der Waals surface area contributed by atoms with Crippen LogP contribution in [0.5, 0.6) is 0 Å². The molecule has 0 atom stereocenters. The van der Waals surface area contributed by atoms with E-state index in [1.54, 1.807) is 6.20 Å². The van der Waals surface area contributed by atoms with Gasteiger partial charge in [0.15, 0.2) is 0 Å². The first-order valence-corrected chi connectivity index (χ1v) is 4.03. The molecule has 1 aromatic carbocycles.